The van der Waals surface area contributed by atoms with Crippen LogP contribution in [0.15, 0.2) is 54.6 Å². The Morgan fingerprint density at radius 2 is 1.30 bits per heavy atom. The molecule has 142 valence electrons. The number of anilines is 1. The van der Waals surface area contributed by atoms with E-state index >= 15 is 0 Å². The van der Waals surface area contributed by atoms with E-state index in [1.54, 1.807) is 48.5 Å². The zero-order valence-electron chi connectivity index (χ0n) is 15.4. The summed E-state index contributed by atoms with van der Waals surface area (Å²) in [5.41, 5.74) is 1.65. The molecule has 0 spiro atoms. The van der Waals surface area contributed by atoms with Crippen LogP contribution in [0.2, 0.25) is 0 Å². The minimum absolute atomic E-state index is 0.0393. The Balaban J connectivity index is 1.74. The van der Waals surface area contributed by atoms with Crippen LogP contribution >= 0.6 is 0 Å². The zero-order chi connectivity index (χ0) is 19.6. The van der Waals surface area contributed by atoms with Crippen molar-refractivity contribution in [3.63, 3.8) is 0 Å². The van der Waals surface area contributed by atoms with E-state index in [4.69, 9.17) is 0 Å². The normalized spacial score (nSPS) is 10.2. The van der Waals surface area contributed by atoms with Crippen LogP contribution in [0.25, 0.3) is 0 Å². The van der Waals surface area contributed by atoms with Gasteiger partial charge in [-0.1, -0.05) is 18.2 Å². The van der Waals surface area contributed by atoms with E-state index in [1.165, 1.54) is 0 Å². The van der Waals surface area contributed by atoms with E-state index in [1.807, 2.05) is 19.9 Å². The predicted molar refractivity (Wildman–Crippen MR) is 105 cm³/mol. The third kappa shape index (κ3) is 6.81. The number of rotatable bonds is 7. The molecule has 4 N–H and O–H groups in total. The predicted octanol–water partition coefficient (Wildman–Crippen LogP) is 2.38. The van der Waals surface area contributed by atoms with Gasteiger partial charge in [-0.05, 0) is 50.2 Å². The number of benzene rings is 2. The maximum atomic E-state index is 12.1. The summed E-state index contributed by atoms with van der Waals surface area (Å²) in [5.74, 6) is -0.429. The first-order valence-electron chi connectivity index (χ1n) is 8.74. The molecule has 0 radical (unpaired) electrons. The first-order valence-corrected chi connectivity index (χ1v) is 8.74. The van der Waals surface area contributed by atoms with Crippen LogP contribution in [-0.4, -0.2) is 37.0 Å². The number of carbonyl (C=O) groups excluding carboxylic acids is 3. The molecule has 0 aliphatic heterocycles. The SMILES string of the molecule is CC(C)NC(=O)Nc1ccc(C(=O)NCCNC(=O)c2ccccc2)cc1. The van der Waals surface area contributed by atoms with Crippen LogP contribution in [0.3, 0.4) is 0 Å². The van der Waals surface area contributed by atoms with Gasteiger partial charge >= 0.3 is 6.03 Å². The van der Waals surface area contributed by atoms with Gasteiger partial charge in [0.2, 0.25) is 0 Å². The maximum Gasteiger partial charge on any atom is 0.319 e. The Bertz CT molecular complexity index is 774. The van der Waals surface area contributed by atoms with Gasteiger partial charge in [-0.2, -0.15) is 0 Å². The second-order valence-corrected chi connectivity index (χ2v) is 6.21. The van der Waals surface area contributed by atoms with Crippen LogP contribution in [0.1, 0.15) is 34.6 Å². The van der Waals surface area contributed by atoms with Crippen molar-refractivity contribution in [2.45, 2.75) is 19.9 Å². The average molecular weight is 368 g/mol. The summed E-state index contributed by atoms with van der Waals surface area (Å²) >= 11 is 0. The summed E-state index contributed by atoms with van der Waals surface area (Å²) < 4.78 is 0. The molecule has 0 aromatic heterocycles. The van der Waals surface area contributed by atoms with Crippen LogP contribution in [-0.2, 0) is 0 Å². The van der Waals surface area contributed by atoms with Gasteiger partial charge in [0.15, 0.2) is 0 Å². The molecule has 27 heavy (non-hydrogen) atoms. The molecule has 0 atom stereocenters. The Morgan fingerprint density at radius 3 is 1.81 bits per heavy atom. The van der Waals surface area contributed by atoms with Gasteiger partial charge in [-0.25, -0.2) is 4.79 Å². The molecule has 0 saturated carbocycles. The van der Waals surface area contributed by atoms with Crippen molar-refractivity contribution in [1.82, 2.24) is 16.0 Å². The number of amides is 4. The summed E-state index contributed by atoms with van der Waals surface area (Å²) in [6, 6.07) is 15.2. The monoisotopic (exact) mass is 368 g/mol. The van der Waals surface area contributed by atoms with Gasteiger partial charge in [-0.15, -0.1) is 0 Å². The number of nitrogens with one attached hydrogen (secondary N) is 4. The Morgan fingerprint density at radius 1 is 0.778 bits per heavy atom. The summed E-state index contributed by atoms with van der Waals surface area (Å²) in [6.45, 7) is 4.38. The molecular formula is C20H24N4O3. The van der Waals surface area contributed by atoms with E-state index in [-0.39, 0.29) is 23.9 Å². The van der Waals surface area contributed by atoms with Gasteiger partial charge in [0.05, 0.1) is 0 Å². The number of carbonyl (C=O) groups is 3. The van der Waals surface area contributed by atoms with Gasteiger partial charge in [-0.3, -0.25) is 9.59 Å². The highest BCUT2D eigenvalue weighted by molar-refractivity contribution is 5.96. The van der Waals surface area contributed by atoms with E-state index < -0.39 is 0 Å². The van der Waals surface area contributed by atoms with Crippen molar-refractivity contribution in [1.29, 1.82) is 0 Å². The molecule has 2 rings (SSSR count). The molecule has 2 aromatic rings. The van der Waals surface area contributed by atoms with Crippen molar-refractivity contribution >= 4 is 23.5 Å². The second kappa shape index (κ2) is 9.96. The van der Waals surface area contributed by atoms with E-state index in [9.17, 15) is 14.4 Å². The van der Waals surface area contributed by atoms with E-state index in [2.05, 4.69) is 21.3 Å². The molecule has 2 aromatic carbocycles. The van der Waals surface area contributed by atoms with Crippen molar-refractivity contribution in [3.05, 3.63) is 65.7 Å². The van der Waals surface area contributed by atoms with Crippen molar-refractivity contribution in [2.24, 2.45) is 0 Å². The van der Waals surface area contributed by atoms with Gasteiger partial charge in [0.1, 0.15) is 0 Å². The van der Waals surface area contributed by atoms with Crippen molar-refractivity contribution < 1.29 is 14.4 Å². The first-order chi connectivity index (χ1) is 13.0. The van der Waals surface area contributed by atoms with E-state index in [0.29, 0.717) is 29.9 Å². The fourth-order valence-corrected chi connectivity index (χ4v) is 2.28. The minimum atomic E-state index is -0.295. The van der Waals surface area contributed by atoms with Gasteiger partial charge < -0.3 is 21.3 Å². The maximum absolute atomic E-state index is 12.1. The molecule has 0 fully saturated rings. The third-order valence-electron chi connectivity index (χ3n) is 3.56. The summed E-state index contributed by atoms with van der Waals surface area (Å²) in [5, 5.41) is 10.9. The smallest absolute Gasteiger partial charge is 0.319 e. The highest BCUT2D eigenvalue weighted by Gasteiger charge is 2.08. The highest BCUT2D eigenvalue weighted by atomic mass is 16.2. The lowest BCUT2D eigenvalue weighted by Gasteiger charge is -2.11. The van der Waals surface area contributed by atoms with Crippen LogP contribution < -0.4 is 21.3 Å². The molecule has 0 unspecified atom stereocenters. The molecule has 0 bridgehead atoms. The molecular weight excluding hydrogens is 344 g/mol. The lowest BCUT2D eigenvalue weighted by Crippen LogP contribution is -2.35. The lowest BCUT2D eigenvalue weighted by atomic mass is 10.2. The van der Waals surface area contributed by atoms with Crippen molar-refractivity contribution in [3.8, 4) is 0 Å². The minimum Gasteiger partial charge on any atom is -0.350 e. The number of urea groups is 1. The molecule has 0 aliphatic carbocycles. The first kappa shape index (κ1) is 20.0. The summed E-state index contributed by atoms with van der Waals surface area (Å²) in [7, 11) is 0. The molecule has 0 aliphatic rings. The fourth-order valence-electron chi connectivity index (χ4n) is 2.28. The molecule has 7 heteroatoms. The fraction of sp³-hybridized carbons (Fsp3) is 0.250. The van der Waals surface area contributed by atoms with Crippen molar-refractivity contribution in [2.75, 3.05) is 18.4 Å². The second-order valence-electron chi connectivity index (χ2n) is 6.21. The van der Waals surface area contributed by atoms with Gasteiger partial charge in [0, 0.05) is 35.9 Å². The Kier molecular flexibility index (Phi) is 7.37. The van der Waals surface area contributed by atoms with Crippen LogP contribution in [0.5, 0.6) is 0 Å². The average Bonchev–Trinajstić information content (AvgIpc) is 2.65. The highest BCUT2D eigenvalue weighted by Crippen LogP contribution is 2.09. The van der Waals surface area contributed by atoms with E-state index in [0.717, 1.165) is 0 Å². The molecule has 0 heterocycles. The standard InChI is InChI=1S/C20H24N4O3/c1-14(2)23-20(27)24-17-10-8-16(9-11-17)19(26)22-13-12-21-18(25)15-6-4-3-5-7-15/h3-11,14H,12-13H2,1-2H3,(H,21,25)(H,22,26)(H2,23,24,27). The van der Waals surface area contributed by atoms with Gasteiger partial charge in [0.25, 0.3) is 11.8 Å². The molecule has 0 saturated heterocycles. The molecule has 4 amide bonds. The topological polar surface area (TPSA) is 99.3 Å². The summed E-state index contributed by atoms with van der Waals surface area (Å²) in [6.07, 6.45) is 0. The quantitative estimate of drug-likeness (QED) is 0.565. The molecule has 7 nitrogen and oxygen atoms in total. The summed E-state index contributed by atoms with van der Waals surface area (Å²) in [4.78, 5) is 35.6. The van der Waals surface area contributed by atoms with Crippen LogP contribution in [0, 0.1) is 0 Å². The van der Waals surface area contributed by atoms with Crippen LogP contribution in [0.4, 0.5) is 10.5 Å². The largest absolute Gasteiger partial charge is 0.350 e. The number of hydrogen-bond acceptors (Lipinski definition) is 3. The Hall–Kier alpha value is -3.35. The number of hydrogen-bond donors (Lipinski definition) is 4. The Labute approximate surface area is 158 Å². The lowest BCUT2D eigenvalue weighted by molar-refractivity contribution is 0.0927. The zero-order valence-corrected chi connectivity index (χ0v) is 15.4. The third-order valence-corrected chi connectivity index (χ3v) is 3.56.